The van der Waals surface area contributed by atoms with Crippen LogP contribution < -0.4 is 10.5 Å². The molecule has 1 rings (SSSR count). The second kappa shape index (κ2) is 5.01. The van der Waals surface area contributed by atoms with Crippen LogP contribution in [0.2, 0.25) is 0 Å². The van der Waals surface area contributed by atoms with Gasteiger partial charge in [-0.05, 0) is 6.07 Å². The van der Waals surface area contributed by atoms with E-state index in [9.17, 15) is 18.5 Å². The number of hydrogen-bond donors (Lipinski definition) is 2. The van der Waals surface area contributed by atoms with Crippen LogP contribution in [0.4, 0.5) is 5.69 Å². The average Bonchev–Trinajstić information content (AvgIpc) is 2.26. The van der Waals surface area contributed by atoms with Crippen LogP contribution in [0.5, 0.6) is 0 Å². The molecule has 0 aliphatic carbocycles. The van der Waals surface area contributed by atoms with Gasteiger partial charge in [0.1, 0.15) is 0 Å². The first-order valence-electron chi connectivity index (χ1n) is 4.51. The lowest BCUT2D eigenvalue weighted by molar-refractivity contribution is -0.385. The van der Waals surface area contributed by atoms with Gasteiger partial charge in [-0.2, -0.15) is 0 Å². The molecule has 7 nitrogen and oxygen atoms in total. The fourth-order valence-electron chi connectivity index (χ4n) is 1.05. The van der Waals surface area contributed by atoms with Crippen molar-refractivity contribution >= 4 is 15.7 Å². The van der Waals surface area contributed by atoms with Crippen LogP contribution in [0.15, 0.2) is 29.2 Å². The molecule has 0 aromatic heterocycles. The van der Waals surface area contributed by atoms with E-state index in [0.29, 0.717) is 6.54 Å². The summed E-state index contributed by atoms with van der Waals surface area (Å²) in [5.74, 6) is 0. The number of nitro groups is 1. The molecule has 88 valence electrons. The van der Waals surface area contributed by atoms with Crippen LogP contribution in [0, 0.1) is 10.1 Å². The first kappa shape index (κ1) is 12.6. The van der Waals surface area contributed by atoms with Crippen LogP contribution in [-0.4, -0.2) is 26.4 Å². The fourth-order valence-corrected chi connectivity index (χ4v) is 2.17. The number of nitrogens with zero attached hydrogens (tertiary/aromatic N) is 1. The quantitative estimate of drug-likeness (QED) is 0.518. The summed E-state index contributed by atoms with van der Waals surface area (Å²) in [5.41, 5.74) is 3.24. The third-order valence-electron chi connectivity index (χ3n) is 1.81. The highest BCUT2D eigenvalue weighted by molar-refractivity contribution is 7.89. The van der Waals surface area contributed by atoms with Crippen molar-refractivity contribution in [2.45, 2.75) is 4.90 Å². The smallest absolute Gasteiger partial charge is 0.270 e. The van der Waals surface area contributed by atoms with Gasteiger partial charge in [-0.25, -0.2) is 13.1 Å². The summed E-state index contributed by atoms with van der Waals surface area (Å²) in [6.07, 6.45) is 0. The zero-order chi connectivity index (χ0) is 12.2. The number of nitrogens with one attached hydrogen (secondary N) is 1. The molecule has 0 unspecified atom stereocenters. The standard InChI is InChI=1S/C8H11N3O4S/c9-4-5-10-16(14,15)8-3-1-2-7(6-8)11(12)13/h1-3,6,10H,4-5,9H2/p+1. The van der Waals surface area contributed by atoms with Crippen molar-refractivity contribution in [3.8, 4) is 0 Å². The van der Waals surface area contributed by atoms with Crippen LogP contribution in [0.3, 0.4) is 0 Å². The number of sulfonamides is 1. The number of rotatable bonds is 5. The summed E-state index contributed by atoms with van der Waals surface area (Å²) in [6, 6.07) is 4.89. The molecule has 16 heavy (non-hydrogen) atoms. The number of benzene rings is 1. The first-order chi connectivity index (χ1) is 7.47. The minimum Gasteiger partial charge on any atom is -0.356 e. The number of nitro benzene ring substituents is 1. The summed E-state index contributed by atoms with van der Waals surface area (Å²) < 4.78 is 25.5. The molecule has 0 aliphatic rings. The van der Waals surface area contributed by atoms with E-state index in [0.717, 1.165) is 6.07 Å². The molecule has 0 bridgehead atoms. The molecule has 4 N–H and O–H groups in total. The van der Waals surface area contributed by atoms with Gasteiger partial charge >= 0.3 is 0 Å². The minimum absolute atomic E-state index is 0.116. The van der Waals surface area contributed by atoms with Crippen molar-refractivity contribution in [3.05, 3.63) is 34.4 Å². The van der Waals surface area contributed by atoms with Gasteiger partial charge in [0.15, 0.2) is 0 Å². The normalized spacial score (nSPS) is 11.3. The predicted molar refractivity (Wildman–Crippen MR) is 56.0 cm³/mol. The Labute approximate surface area is 92.5 Å². The third-order valence-corrected chi connectivity index (χ3v) is 3.27. The van der Waals surface area contributed by atoms with Crippen LogP contribution in [-0.2, 0) is 10.0 Å². The number of hydrogen-bond acceptors (Lipinski definition) is 4. The van der Waals surface area contributed by atoms with E-state index in [1.165, 1.54) is 18.2 Å². The molecule has 0 aliphatic heterocycles. The minimum atomic E-state index is -3.67. The number of quaternary nitrogens is 1. The third kappa shape index (κ3) is 2.99. The maximum Gasteiger partial charge on any atom is 0.270 e. The summed E-state index contributed by atoms with van der Waals surface area (Å²) in [5, 5.41) is 10.5. The van der Waals surface area contributed by atoms with Crippen LogP contribution in [0.25, 0.3) is 0 Å². The summed E-state index contributed by atoms with van der Waals surface area (Å²) in [7, 11) is -3.67. The predicted octanol–water partition coefficient (Wildman–Crippen LogP) is -0.885. The second-order valence-corrected chi connectivity index (χ2v) is 4.77. The molecule has 0 amide bonds. The van der Waals surface area contributed by atoms with Gasteiger partial charge in [-0.15, -0.1) is 0 Å². The molecular weight excluding hydrogens is 234 g/mol. The summed E-state index contributed by atoms with van der Waals surface area (Å²) in [4.78, 5) is 9.72. The lowest BCUT2D eigenvalue weighted by Crippen LogP contribution is -2.54. The van der Waals surface area contributed by atoms with E-state index in [1.54, 1.807) is 0 Å². The zero-order valence-electron chi connectivity index (χ0n) is 8.42. The summed E-state index contributed by atoms with van der Waals surface area (Å²) >= 11 is 0. The van der Waals surface area contributed by atoms with Crippen molar-refractivity contribution < 1.29 is 19.1 Å². The van der Waals surface area contributed by atoms with Crippen molar-refractivity contribution in [3.63, 3.8) is 0 Å². The lowest BCUT2D eigenvalue weighted by Gasteiger charge is -2.03. The van der Waals surface area contributed by atoms with Gasteiger partial charge in [0.05, 0.1) is 22.9 Å². The van der Waals surface area contributed by atoms with Crippen molar-refractivity contribution in [1.29, 1.82) is 0 Å². The molecule has 8 heteroatoms. The van der Waals surface area contributed by atoms with E-state index in [-0.39, 0.29) is 17.1 Å². The molecule has 1 aromatic rings. The SMILES string of the molecule is [NH3+]CCNS(=O)(=O)c1cccc([N+](=O)[O-])c1. The highest BCUT2D eigenvalue weighted by Crippen LogP contribution is 2.16. The average molecular weight is 246 g/mol. The Balaban J connectivity index is 3.04. The Morgan fingerprint density at radius 2 is 2.12 bits per heavy atom. The molecule has 0 fully saturated rings. The Morgan fingerprint density at radius 1 is 1.44 bits per heavy atom. The highest BCUT2D eigenvalue weighted by Gasteiger charge is 2.16. The molecule has 0 atom stereocenters. The Morgan fingerprint density at radius 3 is 2.69 bits per heavy atom. The Hall–Kier alpha value is -1.51. The van der Waals surface area contributed by atoms with Gasteiger partial charge in [0.25, 0.3) is 5.69 Å². The molecule has 0 saturated carbocycles. The Kier molecular flexibility index (Phi) is 3.93. The van der Waals surface area contributed by atoms with Crippen molar-refractivity contribution in [2.24, 2.45) is 0 Å². The maximum absolute atomic E-state index is 11.6. The van der Waals surface area contributed by atoms with Gasteiger partial charge in [0, 0.05) is 12.1 Å². The molecule has 0 radical (unpaired) electrons. The van der Waals surface area contributed by atoms with Gasteiger partial charge in [-0.1, -0.05) is 6.07 Å². The molecular formula is C8H12N3O4S+. The maximum atomic E-state index is 11.6. The van der Waals surface area contributed by atoms with E-state index < -0.39 is 14.9 Å². The Bertz CT molecular complexity index is 486. The van der Waals surface area contributed by atoms with E-state index >= 15 is 0 Å². The second-order valence-electron chi connectivity index (χ2n) is 3.01. The van der Waals surface area contributed by atoms with E-state index in [4.69, 9.17) is 0 Å². The largest absolute Gasteiger partial charge is 0.356 e. The topological polar surface area (TPSA) is 117 Å². The van der Waals surface area contributed by atoms with E-state index in [1.807, 2.05) is 0 Å². The van der Waals surface area contributed by atoms with Gasteiger partial charge in [-0.3, -0.25) is 10.1 Å². The van der Waals surface area contributed by atoms with E-state index in [2.05, 4.69) is 10.5 Å². The lowest BCUT2D eigenvalue weighted by atomic mass is 10.3. The molecule has 0 heterocycles. The van der Waals surface area contributed by atoms with Crippen LogP contribution in [0.1, 0.15) is 0 Å². The van der Waals surface area contributed by atoms with Crippen molar-refractivity contribution in [2.75, 3.05) is 13.1 Å². The molecule has 0 saturated heterocycles. The molecule has 0 spiro atoms. The van der Waals surface area contributed by atoms with Crippen molar-refractivity contribution in [1.82, 2.24) is 4.72 Å². The first-order valence-corrected chi connectivity index (χ1v) is 5.99. The highest BCUT2D eigenvalue weighted by atomic mass is 32.2. The molecule has 1 aromatic carbocycles. The van der Waals surface area contributed by atoms with Crippen LogP contribution >= 0.6 is 0 Å². The monoisotopic (exact) mass is 246 g/mol. The number of non-ortho nitro benzene ring substituents is 1. The van der Waals surface area contributed by atoms with Gasteiger partial charge < -0.3 is 5.73 Å². The fraction of sp³-hybridized carbons (Fsp3) is 0.250. The zero-order valence-corrected chi connectivity index (χ0v) is 9.24. The summed E-state index contributed by atoms with van der Waals surface area (Å²) in [6.45, 7) is 0.610. The van der Waals surface area contributed by atoms with Gasteiger partial charge in [0.2, 0.25) is 10.0 Å².